The first-order valence-electron chi connectivity index (χ1n) is 16.4. The standard InChI is InChI=1S/C40H36O8/c1-20-12-28-26-8-7-25(42)18-34(26)46-40(19-22-5-9-30(43)27-10-11-39(2,3)48-38(22)27)37(28)29(13-20)36-31(44)14-23(16-35(36)47-40)32-15-21-4-6-24(41)17-33(21)45-32/h4-11,13-14,16-18,28-29,32,37,41-44H,12,15,19H2,1-3H3/t28-,29-,32-,37+,40+/m0/s1. The average molecular weight is 645 g/mol. The first-order valence-corrected chi connectivity index (χ1v) is 16.4. The van der Waals surface area contributed by atoms with Crippen LogP contribution in [-0.4, -0.2) is 31.8 Å². The van der Waals surface area contributed by atoms with Gasteiger partial charge in [0.1, 0.15) is 57.7 Å². The molecule has 4 heterocycles. The number of fused-ring (bicyclic) bond motifs is 6. The van der Waals surface area contributed by atoms with E-state index >= 15 is 0 Å². The molecule has 0 spiro atoms. The summed E-state index contributed by atoms with van der Waals surface area (Å²) < 4.78 is 26.8. The van der Waals surface area contributed by atoms with Gasteiger partial charge in [-0.25, -0.2) is 0 Å². The van der Waals surface area contributed by atoms with Gasteiger partial charge < -0.3 is 39.4 Å². The fourth-order valence-corrected chi connectivity index (χ4v) is 8.53. The maximum atomic E-state index is 11.8. The second kappa shape index (κ2) is 9.89. The van der Waals surface area contributed by atoms with Gasteiger partial charge in [-0.1, -0.05) is 29.8 Å². The number of hydrogen-bond donors (Lipinski definition) is 4. The quantitative estimate of drug-likeness (QED) is 0.166. The van der Waals surface area contributed by atoms with Crippen molar-refractivity contribution in [2.75, 3.05) is 0 Å². The van der Waals surface area contributed by atoms with Crippen LogP contribution in [0.1, 0.15) is 78.5 Å². The highest BCUT2D eigenvalue weighted by atomic mass is 16.7. The highest BCUT2D eigenvalue weighted by molar-refractivity contribution is 5.69. The number of rotatable bonds is 3. The minimum absolute atomic E-state index is 0.0258. The van der Waals surface area contributed by atoms with E-state index in [1.807, 2.05) is 50.3 Å². The molecule has 8 heteroatoms. The first kappa shape index (κ1) is 28.9. The van der Waals surface area contributed by atoms with E-state index in [9.17, 15) is 20.4 Å². The van der Waals surface area contributed by atoms with Gasteiger partial charge in [-0.05, 0) is 80.8 Å². The Morgan fingerprint density at radius 2 is 1.56 bits per heavy atom. The zero-order valence-electron chi connectivity index (χ0n) is 26.9. The Morgan fingerprint density at radius 3 is 2.40 bits per heavy atom. The van der Waals surface area contributed by atoms with Gasteiger partial charge in [-0.3, -0.25) is 0 Å². The molecule has 0 radical (unpaired) electrons. The second-order valence-corrected chi connectivity index (χ2v) is 14.4. The van der Waals surface area contributed by atoms with Crippen molar-refractivity contribution in [3.8, 4) is 46.0 Å². The highest BCUT2D eigenvalue weighted by Gasteiger charge is 2.60. The van der Waals surface area contributed by atoms with Crippen molar-refractivity contribution in [2.24, 2.45) is 5.92 Å². The van der Waals surface area contributed by atoms with Crippen LogP contribution in [0, 0.1) is 5.92 Å². The third kappa shape index (κ3) is 4.35. The van der Waals surface area contributed by atoms with Crippen molar-refractivity contribution >= 4 is 6.08 Å². The van der Waals surface area contributed by atoms with Crippen LogP contribution >= 0.6 is 0 Å². The molecule has 4 N–H and O–H groups in total. The van der Waals surface area contributed by atoms with E-state index in [1.165, 1.54) is 5.57 Å². The maximum Gasteiger partial charge on any atom is 0.259 e. The number of phenolic OH excluding ortho intramolecular Hbond substituents is 4. The Balaban J connectivity index is 1.21. The molecule has 0 unspecified atom stereocenters. The molecule has 0 saturated carbocycles. The minimum atomic E-state index is -1.27. The molecule has 0 bridgehead atoms. The van der Waals surface area contributed by atoms with Gasteiger partial charge in [0, 0.05) is 47.1 Å². The van der Waals surface area contributed by atoms with Crippen LogP contribution in [0.25, 0.3) is 6.08 Å². The van der Waals surface area contributed by atoms with Crippen molar-refractivity contribution in [1.82, 2.24) is 0 Å². The lowest BCUT2D eigenvalue weighted by molar-refractivity contribution is -0.187. The number of phenols is 4. The molecule has 9 rings (SSSR count). The Morgan fingerprint density at radius 1 is 0.792 bits per heavy atom. The molecule has 0 saturated heterocycles. The van der Waals surface area contributed by atoms with Crippen LogP contribution in [0.15, 0.2) is 78.4 Å². The summed E-state index contributed by atoms with van der Waals surface area (Å²) in [6.45, 7) is 6.06. The van der Waals surface area contributed by atoms with Crippen LogP contribution in [0.5, 0.6) is 46.0 Å². The largest absolute Gasteiger partial charge is 0.508 e. The van der Waals surface area contributed by atoms with E-state index in [-0.39, 0.29) is 53.3 Å². The van der Waals surface area contributed by atoms with Gasteiger partial charge in [-0.2, -0.15) is 0 Å². The van der Waals surface area contributed by atoms with Crippen molar-refractivity contribution in [3.63, 3.8) is 0 Å². The summed E-state index contributed by atoms with van der Waals surface area (Å²) in [5.41, 5.74) is 5.43. The van der Waals surface area contributed by atoms with Crippen molar-refractivity contribution in [3.05, 3.63) is 112 Å². The van der Waals surface area contributed by atoms with Gasteiger partial charge >= 0.3 is 0 Å². The Kier molecular flexibility index (Phi) is 5.96. The highest BCUT2D eigenvalue weighted by Crippen LogP contribution is 2.63. The van der Waals surface area contributed by atoms with Crippen LogP contribution < -0.4 is 18.9 Å². The lowest BCUT2D eigenvalue weighted by Gasteiger charge is -2.55. The molecule has 4 aliphatic heterocycles. The number of benzene rings is 4. The Hall–Kier alpha value is -5.24. The minimum Gasteiger partial charge on any atom is -0.508 e. The Labute approximate surface area is 278 Å². The van der Waals surface area contributed by atoms with E-state index in [1.54, 1.807) is 36.4 Å². The first-order chi connectivity index (χ1) is 23.0. The summed E-state index contributed by atoms with van der Waals surface area (Å²) in [4.78, 5) is 0. The second-order valence-electron chi connectivity index (χ2n) is 14.4. The zero-order chi connectivity index (χ0) is 33.1. The van der Waals surface area contributed by atoms with Gasteiger partial charge in [0.05, 0.1) is 17.9 Å². The molecular weight excluding hydrogens is 608 g/mol. The van der Waals surface area contributed by atoms with E-state index in [4.69, 9.17) is 18.9 Å². The summed E-state index contributed by atoms with van der Waals surface area (Å²) in [6, 6.07) is 17.6. The van der Waals surface area contributed by atoms with Crippen LogP contribution in [0.4, 0.5) is 0 Å². The fourth-order valence-electron chi connectivity index (χ4n) is 8.53. The number of ether oxygens (including phenoxy) is 4. The number of allylic oxidation sites excluding steroid dienone is 2. The molecule has 0 fully saturated rings. The molecule has 5 aliphatic rings. The third-order valence-electron chi connectivity index (χ3n) is 10.6. The number of hydrogen-bond acceptors (Lipinski definition) is 8. The van der Waals surface area contributed by atoms with Crippen molar-refractivity contribution < 1.29 is 39.4 Å². The summed E-state index contributed by atoms with van der Waals surface area (Å²) >= 11 is 0. The monoisotopic (exact) mass is 644 g/mol. The van der Waals surface area contributed by atoms with Crippen molar-refractivity contribution in [2.45, 2.75) is 69.4 Å². The van der Waals surface area contributed by atoms with Crippen molar-refractivity contribution in [1.29, 1.82) is 0 Å². The molecule has 1 aliphatic carbocycles. The summed E-state index contributed by atoms with van der Waals surface area (Å²) in [7, 11) is 0. The molecular formula is C40H36O8. The normalized spacial score (nSPS) is 26.6. The fraction of sp³-hybridized carbons (Fsp3) is 0.300. The van der Waals surface area contributed by atoms with Gasteiger partial charge in [0.15, 0.2) is 0 Å². The SMILES string of the molecule is CC1=C[C@H]2c3c(O)cc([C@@H]4Cc5ccc(O)cc5O4)cc3O[C@@]3(Cc4ccc(O)c5c4OC(C)(C)C=C5)Oc4cc(O)ccc4[C@H](C1)[C@H]23. The number of aromatic hydroxyl groups is 4. The molecule has 5 atom stereocenters. The molecule has 8 nitrogen and oxygen atoms in total. The molecule has 0 aromatic heterocycles. The van der Waals surface area contributed by atoms with Gasteiger partial charge in [-0.15, -0.1) is 0 Å². The van der Waals surface area contributed by atoms with Gasteiger partial charge in [0.2, 0.25) is 0 Å². The molecule has 244 valence electrons. The summed E-state index contributed by atoms with van der Waals surface area (Å²) in [5.74, 6) is 0.940. The zero-order valence-corrected chi connectivity index (χ0v) is 26.9. The molecule has 48 heavy (non-hydrogen) atoms. The molecule has 0 amide bonds. The van der Waals surface area contributed by atoms with E-state index in [0.29, 0.717) is 40.5 Å². The predicted octanol–water partition coefficient (Wildman–Crippen LogP) is 7.93. The van der Waals surface area contributed by atoms with Crippen LogP contribution in [0.3, 0.4) is 0 Å². The summed E-state index contributed by atoms with van der Waals surface area (Å²) in [6.07, 6.45) is 7.28. The summed E-state index contributed by atoms with van der Waals surface area (Å²) in [5, 5.41) is 43.2. The average Bonchev–Trinajstić information content (AvgIpc) is 3.45. The Bertz CT molecular complexity index is 2090. The topological polar surface area (TPSA) is 118 Å². The lowest BCUT2D eigenvalue weighted by Crippen LogP contribution is -2.60. The van der Waals surface area contributed by atoms with Gasteiger partial charge in [0.25, 0.3) is 5.79 Å². The van der Waals surface area contributed by atoms with E-state index in [2.05, 4.69) is 13.0 Å². The van der Waals surface area contributed by atoms with E-state index < -0.39 is 11.4 Å². The molecule has 4 aromatic rings. The van der Waals surface area contributed by atoms with E-state index in [0.717, 1.165) is 28.7 Å². The molecule has 4 aromatic carbocycles. The predicted molar refractivity (Wildman–Crippen MR) is 178 cm³/mol. The third-order valence-corrected chi connectivity index (χ3v) is 10.6. The van der Waals surface area contributed by atoms with Crippen LogP contribution in [-0.2, 0) is 12.8 Å². The van der Waals surface area contributed by atoms with Crippen LogP contribution in [0.2, 0.25) is 0 Å². The maximum absolute atomic E-state index is 11.8. The lowest BCUT2D eigenvalue weighted by atomic mass is 9.61. The smallest absolute Gasteiger partial charge is 0.259 e.